The number of carbonyl (C=O) groups is 1. The van der Waals surface area contributed by atoms with Crippen molar-refractivity contribution in [3.05, 3.63) is 18.0 Å². The predicted octanol–water partition coefficient (Wildman–Crippen LogP) is 0.156. The Morgan fingerprint density at radius 1 is 1.71 bits per heavy atom. The molecule has 0 saturated carbocycles. The van der Waals surface area contributed by atoms with Gasteiger partial charge < -0.3 is 10.4 Å². The van der Waals surface area contributed by atoms with Crippen LogP contribution in [0.4, 0.5) is 0 Å². The summed E-state index contributed by atoms with van der Waals surface area (Å²) in [6.07, 6.45) is 1.52. The number of hydrogen-bond donors (Lipinski definition) is 3. The van der Waals surface area contributed by atoms with E-state index in [9.17, 15) is 4.79 Å². The second kappa shape index (κ2) is 4.76. The number of rotatable bonds is 4. The van der Waals surface area contributed by atoms with Gasteiger partial charge in [0, 0.05) is 18.8 Å². The predicted molar refractivity (Wildman–Crippen MR) is 51.8 cm³/mol. The highest BCUT2D eigenvalue weighted by Gasteiger charge is 2.15. The van der Waals surface area contributed by atoms with Crippen molar-refractivity contribution >= 4 is 5.91 Å². The zero-order valence-corrected chi connectivity index (χ0v) is 8.32. The fourth-order valence-corrected chi connectivity index (χ4v) is 0.967. The first-order valence-corrected chi connectivity index (χ1v) is 4.56. The monoisotopic (exact) mass is 197 g/mol. The van der Waals surface area contributed by atoms with Crippen LogP contribution in [0, 0.1) is 5.92 Å². The first kappa shape index (κ1) is 10.7. The number of aromatic amines is 1. The van der Waals surface area contributed by atoms with E-state index in [0.717, 1.165) is 0 Å². The van der Waals surface area contributed by atoms with Crippen molar-refractivity contribution in [2.45, 2.75) is 19.9 Å². The summed E-state index contributed by atoms with van der Waals surface area (Å²) in [7, 11) is 0. The van der Waals surface area contributed by atoms with Crippen molar-refractivity contribution < 1.29 is 9.90 Å². The summed E-state index contributed by atoms with van der Waals surface area (Å²) >= 11 is 0. The van der Waals surface area contributed by atoms with Crippen LogP contribution in [-0.4, -0.2) is 33.9 Å². The molecule has 1 heterocycles. The summed E-state index contributed by atoms with van der Waals surface area (Å²) in [4.78, 5) is 11.5. The van der Waals surface area contributed by atoms with Crippen molar-refractivity contribution in [2.75, 3.05) is 6.61 Å². The van der Waals surface area contributed by atoms with E-state index < -0.39 is 0 Å². The van der Waals surface area contributed by atoms with Gasteiger partial charge in [-0.2, -0.15) is 5.10 Å². The molecule has 0 spiro atoms. The lowest BCUT2D eigenvalue weighted by Gasteiger charge is -2.18. The molecule has 0 aliphatic rings. The van der Waals surface area contributed by atoms with Gasteiger partial charge in [0.25, 0.3) is 5.91 Å². The van der Waals surface area contributed by atoms with Gasteiger partial charge in [-0.05, 0) is 18.9 Å². The topological polar surface area (TPSA) is 78.0 Å². The molecular formula is C9H15N3O2. The number of hydrogen-bond acceptors (Lipinski definition) is 3. The SMILES string of the molecule is CC(CO)C(C)NC(=O)c1ccn[nH]1. The molecular weight excluding hydrogens is 182 g/mol. The van der Waals surface area contributed by atoms with Crippen LogP contribution in [0.5, 0.6) is 0 Å². The summed E-state index contributed by atoms with van der Waals surface area (Å²) in [5.41, 5.74) is 0.432. The maximum atomic E-state index is 11.5. The molecule has 1 aromatic heterocycles. The van der Waals surface area contributed by atoms with E-state index in [4.69, 9.17) is 5.11 Å². The van der Waals surface area contributed by atoms with Crippen LogP contribution < -0.4 is 5.32 Å². The lowest BCUT2D eigenvalue weighted by atomic mass is 10.1. The molecule has 0 bridgehead atoms. The summed E-state index contributed by atoms with van der Waals surface area (Å²) in [6.45, 7) is 3.79. The summed E-state index contributed by atoms with van der Waals surface area (Å²) in [6, 6.07) is 1.54. The number of H-pyrrole nitrogens is 1. The number of nitrogens with one attached hydrogen (secondary N) is 2. The third kappa shape index (κ3) is 2.56. The molecule has 1 amide bonds. The highest BCUT2D eigenvalue weighted by Crippen LogP contribution is 2.02. The second-order valence-corrected chi connectivity index (χ2v) is 3.39. The van der Waals surface area contributed by atoms with Crippen LogP contribution in [0.2, 0.25) is 0 Å². The van der Waals surface area contributed by atoms with E-state index in [2.05, 4.69) is 15.5 Å². The average Bonchev–Trinajstić information content (AvgIpc) is 2.69. The van der Waals surface area contributed by atoms with Gasteiger partial charge in [-0.25, -0.2) is 0 Å². The van der Waals surface area contributed by atoms with Gasteiger partial charge in [-0.1, -0.05) is 6.92 Å². The van der Waals surface area contributed by atoms with Crippen LogP contribution in [0.1, 0.15) is 24.3 Å². The minimum absolute atomic E-state index is 0.0434. The molecule has 0 aromatic carbocycles. The third-order valence-corrected chi connectivity index (χ3v) is 2.25. The van der Waals surface area contributed by atoms with Crippen molar-refractivity contribution in [3.8, 4) is 0 Å². The minimum atomic E-state index is -0.199. The highest BCUT2D eigenvalue weighted by atomic mass is 16.3. The van der Waals surface area contributed by atoms with Crippen molar-refractivity contribution in [2.24, 2.45) is 5.92 Å². The molecule has 14 heavy (non-hydrogen) atoms. The van der Waals surface area contributed by atoms with Gasteiger partial charge in [0.05, 0.1) is 0 Å². The molecule has 1 aromatic rings. The Balaban J connectivity index is 2.49. The van der Waals surface area contributed by atoms with E-state index in [-0.39, 0.29) is 24.5 Å². The van der Waals surface area contributed by atoms with Crippen LogP contribution in [0.3, 0.4) is 0 Å². The first-order valence-electron chi connectivity index (χ1n) is 4.56. The van der Waals surface area contributed by atoms with Gasteiger partial charge in [0.2, 0.25) is 0 Å². The largest absolute Gasteiger partial charge is 0.396 e. The van der Waals surface area contributed by atoms with E-state index in [1.54, 1.807) is 6.07 Å². The van der Waals surface area contributed by atoms with Crippen molar-refractivity contribution in [3.63, 3.8) is 0 Å². The van der Waals surface area contributed by atoms with Gasteiger partial charge in [-0.3, -0.25) is 9.89 Å². The summed E-state index contributed by atoms with van der Waals surface area (Å²) < 4.78 is 0. The number of aliphatic hydroxyl groups is 1. The highest BCUT2D eigenvalue weighted by molar-refractivity contribution is 5.92. The Labute approximate surface area is 82.5 Å². The molecule has 0 fully saturated rings. The van der Waals surface area contributed by atoms with Crippen LogP contribution >= 0.6 is 0 Å². The molecule has 0 radical (unpaired) electrons. The van der Waals surface area contributed by atoms with Crippen LogP contribution in [0.25, 0.3) is 0 Å². The van der Waals surface area contributed by atoms with Gasteiger partial charge >= 0.3 is 0 Å². The van der Waals surface area contributed by atoms with E-state index in [1.165, 1.54) is 6.20 Å². The minimum Gasteiger partial charge on any atom is -0.396 e. The standard InChI is InChI=1S/C9H15N3O2/c1-6(5-13)7(2)11-9(14)8-3-4-10-12-8/h3-4,6-7,13H,5H2,1-2H3,(H,10,12)(H,11,14). The summed E-state index contributed by atoms with van der Waals surface area (Å²) in [5, 5.41) is 17.9. The Bertz CT molecular complexity index is 284. The normalized spacial score (nSPS) is 14.8. The Morgan fingerprint density at radius 3 is 2.93 bits per heavy atom. The van der Waals surface area contributed by atoms with E-state index in [1.807, 2.05) is 13.8 Å². The zero-order valence-electron chi connectivity index (χ0n) is 8.32. The van der Waals surface area contributed by atoms with E-state index in [0.29, 0.717) is 5.69 Å². The van der Waals surface area contributed by atoms with E-state index >= 15 is 0 Å². The van der Waals surface area contributed by atoms with Crippen molar-refractivity contribution in [1.82, 2.24) is 15.5 Å². The summed E-state index contributed by atoms with van der Waals surface area (Å²) in [5.74, 6) is -0.155. The number of nitrogens with zero attached hydrogens (tertiary/aromatic N) is 1. The van der Waals surface area contributed by atoms with Gasteiger partial charge in [-0.15, -0.1) is 0 Å². The molecule has 5 nitrogen and oxygen atoms in total. The Hall–Kier alpha value is -1.36. The third-order valence-electron chi connectivity index (χ3n) is 2.25. The van der Waals surface area contributed by atoms with Crippen molar-refractivity contribution in [1.29, 1.82) is 0 Å². The van der Waals surface area contributed by atoms with Gasteiger partial charge in [0.1, 0.15) is 5.69 Å². The number of aliphatic hydroxyl groups excluding tert-OH is 1. The molecule has 0 aliphatic heterocycles. The molecule has 2 atom stereocenters. The molecule has 2 unspecified atom stereocenters. The Kier molecular flexibility index (Phi) is 3.64. The lowest BCUT2D eigenvalue weighted by molar-refractivity contribution is 0.0911. The number of aromatic nitrogens is 2. The smallest absolute Gasteiger partial charge is 0.269 e. The maximum absolute atomic E-state index is 11.5. The molecule has 0 aliphatic carbocycles. The van der Waals surface area contributed by atoms with Crippen LogP contribution in [-0.2, 0) is 0 Å². The fraction of sp³-hybridized carbons (Fsp3) is 0.556. The molecule has 1 rings (SSSR count). The second-order valence-electron chi connectivity index (χ2n) is 3.39. The molecule has 3 N–H and O–H groups in total. The number of amides is 1. The average molecular weight is 197 g/mol. The lowest BCUT2D eigenvalue weighted by Crippen LogP contribution is -2.38. The quantitative estimate of drug-likeness (QED) is 0.643. The molecule has 0 saturated heterocycles. The van der Waals surface area contributed by atoms with Crippen LogP contribution in [0.15, 0.2) is 12.3 Å². The maximum Gasteiger partial charge on any atom is 0.269 e. The zero-order chi connectivity index (χ0) is 10.6. The molecule has 5 heteroatoms. The number of carbonyl (C=O) groups excluding carboxylic acids is 1. The fourth-order valence-electron chi connectivity index (χ4n) is 0.967. The first-order chi connectivity index (χ1) is 6.65. The Morgan fingerprint density at radius 2 is 2.43 bits per heavy atom. The molecule has 78 valence electrons. The van der Waals surface area contributed by atoms with Gasteiger partial charge in [0.15, 0.2) is 0 Å².